The molecule has 0 radical (unpaired) electrons. The van der Waals surface area contributed by atoms with Crippen molar-refractivity contribution >= 4 is 21.6 Å². The lowest BCUT2D eigenvalue weighted by Gasteiger charge is -2.08. The van der Waals surface area contributed by atoms with Crippen molar-refractivity contribution in [2.75, 3.05) is 19.0 Å². The van der Waals surface area contributed by atoms with Crippen LogP contribution in [0.15, 0.2) is 53.7 Å². The summed E-state index contributed by atoms with van der Waals surface area (Å²) >= 11 is 0. The van der Waals surface area contributed by atoms with Crippen LogP contribution < -0.4 is 14.8 Å². The highest BCUT2D eigenvalue weighted by Crippen LogP contribution is 2.15. The molecule has 0 aliphatic rings. The predicted molar refractivity (Wildman–Crippen MR) is 85.7 cm³/mol. The van der Waals surface area contributed by atoms with Crippen molar-refractivity contribution in [2.45, 2.75) is 11.3 Å². The van der Waals surface area contributed by atoms with Crippen LogP contribution in [0.3, 0.4) is 0 Å². The molecule has 0 aliphatic carbocycles. The van der Waals surface area contributed by atoms with E-state index in [4.69, 9.17) is 4.74 Å². The standard InChI is InChI=1S/C15H17N3O4S/c1-22-13-2-4-14(5-3-13)23(20,21)17-11-8-15(19)18-12-6-9-16-10-7-12/h2-7,9-10,17H,8,11H2,1H3,(H,16,18,19). The Morgan fingerprint density at radius 1 is 1.13 bits per heavy atom. The number of nitrogens with one attached hydrogen (secondary N) is 2. The fourth-order valence-corrected chi connectivity index (χ4v) is 2.83. The van der Waals surface area contributed by atoms with Crippen molar-refractivity contribution in [2.24, 2.45) is 0 Å². The van der Waals surface area contributed by atoms with Crippen LogP contribution in [-0.2, 0) is 14.8 Å². The minimum atomic E-state index is -3.65. The van der Waals surface area contributed by atoms with E-state index in [1.165, 1.54) is 19.2 Å². The van der Waals surface area contributed by atoms with Crippen LogP contribution in [0.4, 0.5) is 5.69 Å². The van der Waals surface area contributed by atoms with Crippen molar-refractivity contribution in [1.82, 2.24) is 9.71 Å². The Bertz CT molecular complexity index is 746. The lowest BCUT2D eigenvalue weighted by Crippen LogP contribution is -2.27. The number of hydrogen-bond donors (Lipinski definition) is 2. The van der Waals surface area contributed by atoms with Crippen molar-refractivity contribution in [3.63, 3.8) is 0 Å². The molecule has 1 amide bonds. The van der Waals surface area contributed by atoms with Crippen LogP contribution in [0.1, 0.15) is 6.42 Å². The number of rotatable bonds is 7. The lowest BCUT2D eigenvalue weighted by atomic mass is 10.3. The molecule has 2 N–H and O–H groups in total. The van der Waals surface area contributed by atoms with Gasteiger partial charge in [0.25, 0.3) is 0 Å². The first-order valence-electron chi connectivity index (χ1n) is 6.85. The Morgan fingerprint density at radius 2 is 1.78 bits per heavy atom. The van der Waals surface area contributed by atoms with Gasteiger partial charge >= 0.3 is 0 Å². The number of sulfonamides is 1. The van der Waals surface area contributed by atoms with Crippen LogP contribution in [-0.4, -0.2) is 33.0 Å². The first-order chi connectivity index (χ1) is 11.0. The fourth-order valence-electron chi connectivity index (χ4n) is 1.80. The van der Waals surface area contributed by atoms with E-state index in [0.29, 0.717) is 11.4 Å². The Balaban J connectivity index is 1.85. The molecular formula is C15H17N3O4S. The minimum absolute atomic E-state index is 0.00524. The predicted octanol–water partition coefficient (Wildman–Crippen LogP) is 1.40. The van der Waals surface area contributed by atoms with Crippen LogP contribution in [0, 0.1) is 0 Å². The maximum absolute atomic E-state index is 12.1. The molecule has 1 aromatic carbocycles. The number of hydrogen-bond acceptors (Lipinski definition) is 5. The van der Waals surface area contributed by atoms with E-state index in [2.05, 4.69) is 15.0 Å². The molecule has 122 valence electrons. The molecule has 1 aromatic heterocycles. The van der Waals surface area contributed by atoms with E-state index < -0.39 is 10.0 Å². The molecule has 2 aromatic rings. The second-order valence-corrected chi connectivity index (χ2v) is 6.37. The third-order valence-corrected chi connectivity index (χ3v) is 4.45. The van der Waals surface area contributed by atoms with Crippen LogP contribution in [0.5, 0.6) is 5.75 Å². The van der Waals surface area contributed by atoms with Crippen LogP contribution in [0.2, 0.25) is 0 Å². The van der Waals surface area contributed by atoms with Gasteiger partial charge in [0.1, 0.15) is 5.75 Å². The van der Waals surface area contributed by atoms with E-state index in [1.807, 2.05) is 0 Å². The van der Waals surface area contributed by atoms with Crippen molar-refractivity contribution in [3.8, 4) is 5.75 Å². The van der Waals surface area contributed by atoms with Gasteiger partial charge in [-0.05, 0) is 36.4 Å². The Kier molecular flexibility index (Phi) is 5.67. The molecule has 8 heteroatoms. The second kappa shape index (κ2) is 7.70. The molecule has 0 spiro atoms. The van der Waals surface area contributed by atoms with Crippen LogP contribution >= 0.6 is 0 Å². The summed E-state index contributed by atoms with van der Waals surface area (Å²) in [4.78, 5) is 15.7. The monoisotopic (exact) mass is 335 g/mol. The summed E-state index contributed by atoms with van der Waals surface area (Å²) in [6.07, 6.45) is 3.14. The molecule has 1 heterocycles. The Morgan fingerprint density at radius 3 is 2.39 bits per heavy atom. The van der Waals surface area contributed by atoms with E-state index >= 15 is 0 Å². The average Bonchev–Trinajstić information content (AvgIpc) is 2.55. The Hall–Kier alpha value is -2.45. The number of anilines is 1. The van der Waals surface area contributed by atoms with Gasteiger partial charge in [-0.2, -0.15) is 0 Å². The third kappa shape index (κ3) is 5.04. The topological polar surface area (TPSA) is 97.4 Å². The highest BCUT2D eigenvalue weighted by atomic mass is 32.2. The fraction of sp³-hybridized carbons (Fsp3) is 0.200. The first-order valence-corrected chi connectivity index (χ1v) is 8.33. The number of nitrogens with zero attached hydrogens (tertiary/aromatic N) is 1. The smallest absolute Gasteiger partial charge is 0.240 e. The van der Waals surface area contributed by atoms with E-state index in [0.717, 1.165) is 0 Å². The molecule has 0 atom stereocenters. The summed E-state index contributed by atoms with van der Waals surface area (Å²) < 4.78 is 31.5. The van der Waals surface area contributed by atoms with Gasteiger partial charge in [0, 0.05) is 31.0 Å². The molecule has 0 fully saturated rings. The summed E-state index contributed by atoms with van der Waals surface area (Å²) in [7, 11) is -2.15. The largest absolute Gasteiger partial charge is 0.497 e. The van der Waals surface area contributed by atoms with Gasteiger partial charge in [0.15, 0.2) is 0 Å². The second-order valence-electron chi connectivity index (χ2n) is 4.61. The zero-order valence-electron chi connectivity index (χ0n) is 12.5. The summed E-state index contributed by atoms with van der Waals surface area (Å²) in [5.74, 6) is 0.286. The van der Waals surface area contributed by atoms with E-state index in [9.17, 15) is 13.2 Å². The number of carbonyl (C=O) groups is 1. The van der Waals surface area contributed by atoms with Gasteiger partial charge in [-0.3, -0.25) is 9.78 Å². The number of ether oxygens (including phenoxy) is 1. The van der Waals surface area contributed by atoms with E-state index in [1.54, 1.807) is 36.7 Å². The number of aromatic nitrogens is 1. The van der Waals surface area contributed by atoms with Gasteiger partial charge in [-0.15, -0.1) is 0 Å². The van der Waals surface area contributed by atoms with Crippen molar-refractivity contribution < 1.29 is 17.9 Å². The maximum Gasteiger partial charge on any atom is 0.240 e. The molecule has 0 saturated carbocycles. The number of amides is 1. The summed E-state index contributed by atoms with van der Waals surface area (Å²) in [6, 6.07) is 9.31. The van der Waals surface area contributed by atoms with E-state index in [-0.39, 0.29) is 23.8 Å². The minimum Gasteiger partial charge on any atom is -0.497 e. The maximum atomic E-state index is 12.1. The van der Waals surface area contributed by atoms with Crippen molar-refractivity contribution in [3.05, 3.63) is 48.8 Å². The average molecular weight is 335 g/mol. The number of pyridine rings is 1. The van der Waals surface area contributed by atoms with Gasteiger partial charge in [0.2, 0.25) is 15.9 Å². The normalized spacial score (nSPS) is 11.0. The summed E-state index contributed by atoms with van der Waals surface area (Å²) in [5.41, 5.74) is 0.614. The van der Waals surface area contributed by atoms with Gasteiger partial charge in [-0.25, -0.2) is 13.1 Å². The first kappa shape index (κ1) is 16.9. The molecule has 23 heavy (non-hydrogen) atoms. The zero-order valence-corrected chi connectivity index (χ0v) is 13.3. The SMILES string of the molecule is COc1ccc(S(=O)(=O)NCCC(=O)Nc2ccncc2)cc1. The van der Waals surface area contributed by atoms with Gasteiger partial charge < -0.3 is 10.1 Å². The molecule has 7 nitrogen and oxygen atoms in total. The van der Waals surface area contributed by atoms with Gasteiger partial charge in [-0.1, -0.05) is 0 Å². The van der Waals surface area contributed by atoms with Crippen LogP contribution in [0.25, 0.3) is 0 Å². The quantitative estimate of drug-likeness (QED) is 0.797. The number of benzene rings is 1. The number of methoxy groups -OCH3 is 1. The molecule has 0 aliphatic heterocycles. The zero-order chi connectivity index (χ0) is 16.7. The van der Waals surface area contributed by atoms with Crippen molar-refractivity contribution in [1.29, 1.82) is 0 Å². The number of carbonyl (C=O) groups excluding carboxylic acids is 1. The molecule has 2 rings (SSSR count). The highest BCUT2D eigenvalue weighted by Gasteiger charge is 2.14. The summed E-state index contributed by atoms with van der Waals surface area (Å²) in [6.45, 7) is 0.00524. The Labute approximate surface area is 134 Å². The summed E-state index contributed by atoms with van der Waals surface area (Å²) in [5, 5.41) is 2.65. The lowest BCUT2D eigenvalue weighted by molar-refractivity contribution is -0.116. The molecular weight excluding hydrogens is 318 g/mol. The highest BCUT2D eigenvalue weighted by molar-refractivity contribution is 7.89. The molecule has 0 saturated heterocycles. The molecule has 0 bridgehead atoms. The third-order valence-electron chi connectivity index (χ3n) is 2.98. The van der Waals surface area contributed by atoms with Gasteiger partial charge in [0.05, 0.1) is 12.0 Å². The molecule has 0 unspecified atom stereocenters.